The van der Waals surface area contributed by atoms with Gasteiger partial charge in [-0.15, -0.1) is 0 Å². The van der Waals surface area contributed by atoms with Crippen LogP contribution in [-0.2, 0) is 4.79 Å². The zero-order valence-corrected chi connectivity index (χ0v) is 12.6. The predicted molar refractivity (Wildman–Crippen MR) is 79.7 cm³/mol. The molecule has 2 aliphatic heterocycles. The predicted octanol–water partition coefficient (Wildman–Crippen LogP) is 2.16. The van der Waals surface area contributed by atoms with Crippen LogP contribution in [-0.4, -0.2) is 41.7 Å². The third-order valence-electron chi connectivity index (χ3n) is 4.37. The lowest BCUT2D eigenvalue weighted by Crippen LogP contribution is -2.48. The van der Waals surface area contributed by atoms with Gasteiger partial charge >= 0.3 is 12.0 Å². The Morgan fingerprint density at radius 1 is 1.35 bits per heavy atom. The molecule has 0 aliphatic carbocycles. The summed E-state index contributed by atoms with van der Waals surface area (Å²) in [5.74, 6) is -1.20. The van der Waals surface area contributed by atoms with Gasteiger partial charge in [0.2, 0.25) is 0 Å². The number of nitrogens with one attached hydrogen (secondary N) is 1. The number of piperidine rings is 1. The van der Waals surface area contributed by atoms with Gasteiger partial charge in [-0.2, -0.15) is 0 Å². The molecule has 0 saturated carbocycles. The number of rotatable bonds is 2. The Kier molecular flexibility index (Phi) is 4.36. The molecule has 1 fully saturated rings. The van der Waals surface area contributed by atoms with Gasteiger partial charge in [0.25, 0.3) is 0 Å². The lowest BCUT2D eigenvalue weighted by atomic mass is 9.98. The van der Waals surface area contributed by atoms with Crippen molar-refractivity contribution in [2.24, 2.45) is 5.92 Å². The van der Waals surface area contributed by atoms with Crippen molar-refractivity contribution < 1.29 is 23.8 Å². The van der Waals surface area contributed by atoms with Crippen LogP contribution >= 0.6 is 0 Å². The van der Waals surface area contributed by atoms with Gasteiger partial charge < -0.3 is 20.1 Å². The van der Waals surface area contributed by atoms with Crippen LogP contribution in [0, 0.1) is 11.7 Å². The molecule has 0 spiro atoms. The molecule has 2 heterocycles. The van der Waals surface area contributed by atoms with Crippen LogP contribution < -0.4 is 10.1 Å². The van der Waals surface area contributed by atoms with E-state index in [1.165, 1.54) is 17.0 Å². The Morgan fingerprint density at radius 2 is 2.17 bits per heavy atom. The summed E-state index contributed by atoms with van der Waals surface area (Å²) in [6.07, 6.45) is 1.81. The molecular formula is C16H19FN2O4. The second kappa shape index (κ2) is 6.44. The Labute approximate surface area is 133 Å². The quantitative estimate of drug-likeness (QED) is 0.874. The van der Waals surface area contributed by atoms with Crippen molar-refractivity contribution >= 4 is 12.0 Å². The molecule has 7 heteroatoms. The van der Waals surface area contributed by atoms with E-state index in [-0.39, 0.29) is 24.4 Å². The lowest BCUT2D eigenvalue weighted by Gasteiger charge is -2.33. The van der Waals surface area contributed by atoms with Gasteiger partial charge in [-0.25, -0.2) is 9.18 Å². The number of amides is 2. The first-order valence-electron chi connectivity index (χ1n) is 7.75. The average molecular weight is 322 g/mol. The summed E-state index contributed by atoms with van der Waals surface area (Å²) in [5, 5.41) is 12.0. The van der Waals surface area contributed by atoms with E-state index in [0.29, 0.717) is 43.7 Å². The van der Waals surface area contributed by atoms with Crippen molar-refractivity contribution in [3.05, 3.63) is 29.6 Å². The fourth-order valence-corrected chi connectivity index (χ4v) is 3.12. The van der Waals surface area contributed by atoms with E-state index in [1.807, 2.05) is 0 Å². The largest absolute Gasteiger partial charge is 0.493 e. The molecule has 2 atom stereocenters. The molecule has 23 heavy (non-hydrogen) atoms. The SMILES string of the molecule is O=C(O)C1CCCN(C(=O)NC2CCOc3ccc(F)cc32)C1. The number of carbonyl (C=O) groups excluding carboxylic acids is 1. The zero-order valence-electron chi connectivity index (χ0n) is 12.6. The third-order valence-corrected chi connectivity index (χ3v) is 4.37. The average Bonchev–Trinajstić information content (AvgIpc) is 2.55. The molecule has 2 N–H and O–H groups in total. The van der Waals surface area contributed by atoms with Crippen molar-refractivity contribution in [2.45, 2.75) is 25.3 Å². The van der Waals surface area contributed by atoms with E-state index in [4.69, 9.17) is 9.84 Å². The molecule has 0 aromatic heterocycles. The maximum Gasteiger partial charge on any atom is 0.317 e. The van der Waals surface area contributed by atoms with Crippen molar-refractivity contribution in [2.75, 3.05) is 19.7 Å². The smallest absolute Gasteiger partial charge is 0.317 e. The number of hydrogen-bond acceptors (Lipinski definition) is 3. The number of aliphatic carboxylic acids is 1. The highest BCUT2D eigenvalue weighted by molar-refractivity contribution is 5.77. The summed E-state index contributed by atoms with van der Waals surface area (Å²) in [6.45, 7) is 1.19. The summed E-state index contributed by atoms with van der Waals surface area (Å²) in [4.78, 5) is 25.0. The highest BCUT2D eigenvalue weighted by Gasteiger charge is 2.30. The van der Waals surface area contributed by atoms with Crippen LogP contribution in [0.1, 0.15) is 30.9 Å². The minimum atomic E-state index is -0.874. The highest BCUT2D eigenvalue weighted by Crippen LogP contribution is 2.32. The normalized spacial score (nSPS) is 23.6. The van der Waals surface area contributed by atoms with Crippen LogP contribution in [0.5, 0.6) is 5.75 Å². The molecular weight excluding hydrogens is 303 g/mol. The zero-order chi connectivity index (χ0) is 16.4. The van der Waals surface area contributed by atoms with E-state index >= 15 is 0 Å². The van der Waals surface area contributed by atoms with Crippen molar-refractivity contribution in [1.29, 1.82) is 0 Å². The molecule has 2 aliphatic rings. The summed E-state index contributed by atoms with van der Waals surface area (Å²) in [7, 11) is 0. The second-order valence-corrected chi connectivity index (χ2v) is 5.94. The second-order valence-electron chi connectivity index (χ2n) is 5.94. The molecule has 3 rings (SSSR count). The van der Waals surface area contributed by atoms with E-state index < -0.39 is 11.9 Å². The minimum absolute atomic E-state index is 0.209. The van der Waals surface area contributed by atoms with Gasteiger partial charge in [0.1, 0.15) is 11.6 Å². The van der Waals surface area contributed by atoms with Crippen LogP contribution in [0.4, 0.5) is 9.18 Å². The van der Waals surface area contributed by atoms with E-state index in [9.17, 15) is 14.0 Å². The fourth-order valence-electron chi connectivity index (χ4n) is 3.12. The maximum absolute atomic E-state index is 13.5. The Morgan fingerprint density at radius 3 is 2.96 bits per heavy atom. The van der Waals surface area contributed by atoms with Gasteiger partial charge in [-0.3, -0.25) is 4.79 Å². The number of halogens is 1. The van der Waals surface area contributed by atoms with Gasteiger partial charge in [-0.1, -0.05) is 0 Å². The number of nitrogens with zero attached hydrogens (tertiary/aromatic N) is 1. The molecule has 1 saturated heterocycles. The van der Waals surface area contributed by atoms with Gasteiger partial charge in [0.05, 0.1) is 18.6 Å². The Hall–Kier alpha value is -2.31. The van der Waals surface area contributed by atoms with Gasteiger partial charge in [0.15, 0.2) is 0 Å². The third kappa shape index (κ3) is 3.38. The van der Waals surface area contributed by atoms with Crippen LogP contribution in [0.2, 0.25) is 0 Å². The van der Waals surface area contributed by atoms with E-state index in [0.717, 1.165) is 0 Å². The number of hydrogen-bond donors (Lipinski definition) is 2. The van der Waals surface area contributed by atoms with Crippen molar-refractivity contribution in [1.82, 2.24) is 10.2 Å². The number of urea groups is 1. The molecule has 1 aromatic rings. The van der Waals surface area contributed by atoms with Gasteiger partial charge in [0, 0.05) is 25.1 Å². The first-order chi connectivity index (χ1) is 11.0. The molecule has 124 valence electrons. The molecule has 1 aromatic carbocycles. The molecule has 0 radical (unpaired) electrons. The molecule has 2 amide bonds. The summed E-state index contributed by atoms with van der Waals surface area (Å²) >= 11 is 0. The topological polar surface area (TPSA) is 78.9 Å². The molecule has 0 bridgehead atoms. The van der Waals surface area contributed by atoms with Crippen molar-refractivity contribution in [3.8, 4) is 5.75 Å². The number of carboxylic acid groups (broad SMARTS) is 1. The molecule has 2 unspecified atom stereocenters. The Bertz CT molecular complexity index is 622. The fraction of sp³-hybridized carbons (Fsp3) is 0.500. The number of carboxylic acids is 1. The standard InChI is InChI=1S/C16H19FN2O4/c17-11-3-4-14-12(8-11)13(5-7-23-14)18-16(22)19-6-1-2-10(9-19)15(20)21/h3-4,8,10,13H,1-2,5-7,9H2,(H,18,22)(H,20,21). The number of likely N-dealkylation sites (tertiary alicyclic amines) is 1. The molecule has 6 nitrogen and oxygen atoms in total. The van der Waals surface area contributed by atoms with Crippen molar-refractivity contribution in [3.63, 3.8) is 0 Å². The van der Waals surface area contributed by atoms with E-state index in [1.54, 1.807) is 6.07 Å². The summed E-state index contributed by atoms with van der Waals surface area (Å²) in [5.41, 5.74) is 0.622. The number of carbonyl (C=O) groups is 2. The number of benzene rings is 1. The highest BCUT2D eigenvalue weighted by atomic mass is 19.1. The van der Waals surface area contributed by atoms with Crippen LogP contribution in [0.3, 0.4) is 0 Å². The van der Waals surface area contributed by atoms with Crippen LogP contribution in [0.15, 0.2) is 18.2 Å². The van der Waals surface area contributed by atoms with E-state index in [2.05, 4.69) is 5.32 Å². The number of fused-ring (bicyclic) bond motifs is 1. The monoisotopic (exact) mass is 322 g/mol. The first-order valence-corrected chi connectivity index (χ1v) is 7.75. The number of ether oxygens (including phenoxy) is 1. The van der Waals surface area contributed by atoms with Gasteiger partial charge in [-0.05, 0) is 31.0 Å². The summed E-state index contributed by atoms with van der Waals surface area (Å²) in [6, 6.07) is 3.62. The minimum Gasteiger partial charge on any atom is -0.493 e. The first kappa shape index (κ1) is 15.6. The Balaban J connectivity index is 1.69. The maximum atomic E-state index is 13.5. The van der Waals surface area contributed by atoms with Crippen LogP contribution in [0.25, 0.3) is 0 Å². The lowest BCUT2D eigenvalue weighted by molar-refractivity contribution is -0.143. The summed E-state index contributed by atoms with van der Waals surface area (Å²) < 4.78 is 18.9.